The number of rotatable bonds is 10. The zero-order valence-electron chi connectivity index (χ0n) is 16.7. The highest BCUT2D eigenvalue weighted by Crippen LogP contribution is 2.20. The lowest BCUT2D eigenvalue weighted by Gasteiger charge is -2.33. The number of hydrogen-bond donors (Lipinski definition) is 0. The van der Waals surface area contributed by atoms with Crippen LogP contribution in [0.5, 0.6) is 0 Å². The third-order valence-corrected chi connectivity index (χ3v) is 4.13. The van der Waals surface area contributed by atoms with Crippen molar-refractivity contribution in [1.29, 1.82) is 0 Å². The molecule has 1 aromatic rings. The van der Waals surface area contributed by atoms with Gasteiger partial charge in [0, 0.05) is 12.6 Å². The number of ether oxygens (including phenoxy) is 2. The van der Waals surface area contributed by atoms with Crippen molar-refractivity contribution in [2.75, 3.05) is 19.8 Å². The lowest BCUT2D eigenvalue weighted by molar-refractivity contribution is -0.148. The Balaban J connectivity index is 3.04. The SMILES string of the molecule is CCOC(=O)C(C)CC(Cc1ccccc1)N(CC(C)C)C(=O)OCC. The summed E-state index contributed by atoms with van der Waals surface area (Å²) in [5.74, 6) is -0.206. The van der Waals surface area contributed by atoms with Crippen LogP contribution in [0, 0.1) is 11.8 Å². The highest BCUT2D eigenvalue weighted by atomic mass is 16.6. The second kappa shape index (κ2) is 11.6. The smallest absolute Gasteiger partial charge is 0.410 e. The monoisotopic (exact) mass is 363 g/mol. The van der Waals surface area contributed by atoms with Gasteiger partial charge in [-0.2, -0.15) is 0 Å². The maximum Gasteiger partial charge on any atom is 0.410 e. The van der Waals surface area contributed by atoms with Crippen molar-refractivity contribution in [3.63, 3.8) is 0 Å². The Kier molecular flexibility index (Phi) is 9.78. The second-order valence-electron chi connectivity index (χ2n) is 6.98. The molecule has 0 aromatic heterocycles. The van der Waals surface area contributed by atoms with Gasteiger partial charge in [-0.05, 0) is 38.2 Å². The van der Waals surface area contributed by atoms with Crippen LogP contribution in [0.25, 0.3) is 0 Å². The molecule has 0 fully saturated rings. The zero-order chi connectivity index (χ0) is 19.5. The van der Waals surface area contributed by atoms with Crippen molar-refractivity contribution in [3.05, 3.63) is 35.9 Å². The Morgan fingerprint density at radius 3 is 2.15 bits per heavy atom. The van der Waals surface area contributed by atoms with E-state index in [0.717, 1.165) is 5.56 Å². The molecule has 2 atom stereocenters. The molecule has 146 valence electrons. The van der Waals surface area contributed by atoms with Gasteiger partial charge >= 0.3 is 12.1 Å². The Bertz CT molecular complexity index is 544. The van der Waals surface area contributed by atoms with Crippen LogP contribution in [-0.4, -0.2) is 42.8 Å². The number of carbonyl (C=O) groups is 2. The van der Waals surface area contributed by atoms with Gasteiger partial charge in [0.05, 0.1) is 19.1 Å². The summed E-state index contributed by atoms with van der Waals surface area (Å²) in [6.07, 6.45) is 0.897. The van der Waals surface area contributed by atoms with Gasteiger partial charge in [0.1, 0.15) is 0 Å². The van der Waals surface area contributed by atoms with Gasteiger partial charge in [-0.3, -0.25) is 4.79 Å². The molecule has 0 saturated heterocycles. The van der Waals surface area contributed by atoms with Crippen molar-refractivity contribution in [3.8, 4) is 0 Å². The number of benzene rings is 1. The molecule has 0 aliphatic carbocycles. The van der Waals surface area contributed by atoms with Gasteiger partial charge in [0.15, 0.2) is 0 Å². The number of hydrogen-bond acceptors (Lipinski definition) is 4. The normalized spacial score (nSPS) is 13.2. The molecule has 5 nitrogen and oxygen atoms in total. The maximum atomic E-state index is 12.6. The van der Waals surface area contributed by atoms with E-state index in [1.807, 2.05) is 37.3 Å². The van der Waals surface area contributed by atoms with Gasteiger partial charge in [0.25, 0.3) is 0 Å². The molecule has 0 radical (unpaired) electrons. The standard InChI is InChI=1S/C21H33NO4/c1-6-25-20(23)17(5)13-19(14-18-11-9-8-10-12-18)22(15-16(3)4)21(24)26-7-2/h8-12,16-17,19H,6-7,13-15H2,1-5H3. The van der Waals surface area contributed by atoms with E-state index < -0.39 is 0 Å². The minimum atomic E-state index is -0.321. The van der Waals surface area contributed by atoms with Crippen LogP contribution in [0.2, 0.25) is 0 Å². The van der Waals surface area contributed by atoms with Crippen LogP contribution in [0.15, 0.2) is 30.3 Å². The fraction of sp³-hybridized carbons (Fsp3) is 0.619. The molecule has 5 heteroatoms. The van der Waals surface area contributed by atoms with E-state index in [1.165, 1.54) is 0 Å². The first-order valence-electron chi connectivity index (χ1n) is 9.52. The molecule has 1 rings (SSSR count). The van der Waals surface area contributed by atoms with Crippen LogP contribution in [0.4, 0.5) is 4.79 Å². The van der Waals surface area contributed by atoms with E-state index in [1.54, 1.807) is 18.7 Å². The lowest BCUT2D eigenvalue weighted by Crippen LogP contribution is -2.45. The molecule has 0 aliphatic heterocycles. The second-order valence-corrected chi connectivity index (χ2v) is 6.98. The van der Waals surface area contributed by atoms with Crippen molar-refractivity contribution < 1.29 is 19.1 Å². The fourth-order valence-corrected chi connectivity index (χ4v) is 2.97. The Morgan fingerprint density at radius 2 is 1.62 bits per heavy atom. The molecular weight excluding hydrogens is 330 g/mol. The van der Waals surface area contributed by atoms with Gasteiger partial charge in [-0.1, -0.05) is 51.1 Å². The Labute approximate surface area is 157 Å². The number of nitrogens with zero attached hydrogens (tertiary/aromatic N) is 1. The molecule has 0 aliphatic rings. The third kappa shape index (κ3) is 7.46. The average Bonchev–Trinajstić information content (AvgIpc) is 2.60. The quantitative estimate of drug-likeness (QED) is 0.582. The Hall–Kier alpha value is -2.04. The summed E-state index contributed by atoms with van der Waals surface area (Å²) in [6.45, 7) is 10.9. The van der Waals surface area contributed by atoms with Gasteiger partial charge in [-0.25, -0.2) is 4.79 Å². The summed E-state index contributed by atoms with van der Waals surface area (Å²) in [6, 6.07) is 9.90. The Morgan fingerprint density at radius 1 is 1.00 bits per heavy atom. The lowest BCUT2D eigenvalue weighted by atomic mass is 9.94. The minimum absolute atomic E-state index is 0.127. The van der Waals surface area contributed by atoms with Crippen LogP contribution >= 0.6 is 0 Å². The van der Waals surface area contributed by atoms with Crippen LogP contribution < -0.4 is 0 Å². The summed E-state index contributed by atoms with van der Waals surface area (Å²) >= 11 is 0. The van der Waals surface area contributed by atoms with E-state index in [0.29, 0.717) is 38.5 Å². The predicted molar refractivity (Wildman–Crippen MR) is 103 cm³/mol. The summed E-state index contributed by atoms with van der Waals surface area (Å²) < 4.78 is 10.4. The molecule has 0 N–H and O–H groups in total. The van der Waals surface area contributed by atoms with E-state index >= 15 is 0 Å². The molecule has 0 spiro atoms. The topological polar surface area (TPSA) is 55.8 Å². The predicted octanol–water partition coefficient (Wildman–Crippen LogP) is 4.30. The zero-order valence-corrected chi connectivity index (χ0v) is 16.7. The molecular formula is C21H33NO4. The highest BCUT2D eigenvalue weighted by molar-refractivity contribution is 5.72. The maximum absolute atomic E-state index is 12.6. The van der Waals surface area contributed by atoms with Crippen LogP contribution in [0.1, 0.15) is 46.6 Å². The highest BCUT2D eigenvalue weighted by Gasteiger charge is 2.29. The molecule has 1 aromatic carbocycles. The van der Waals surface area contributed by atoms with Crippen molar-refractivity contribution in [1.82, 2.24) is 4.90 Å². The van der Waals surface area contributed by atoms with Crippen LogP contribution in [-0.2, 0) is 20.7 Å². The van der Waals surface area contributed by atoms with Crippen molar-refractivity contribution in [2.24, 2.45) is 11.8 Å². The molecule has 0 saturated carbocycles. The van der Waals surface area contributed by atoms with Crippen molar-refractivity contribution >= 4 is 12.1 Å². The number of esters is 1. The minimum Gasteiger partial charge on any atom is -0.466 e. The largest absolute Gasteiger partial charge is 0.466 e. The first-order chi connectivity index (χ1) is 12.4. The van der Waals surface area contributed by atoms with E-state index in [4.69, 9.17) is 9.47 Å². The molecule has 1 amide bonds. The van der Waals surface area contributed by atoms with Gasteiger partial charge < -0.3 is 14.4 Å². The van der Waals surface area contributed by atoms with Gasteiger partial charge in [0.2, 0.25) is 0 Å². The number of carbonyl (C=O) groups excluding carboxylic acids is 2. The molecule has 0 bridgehead atoms. The molecule has 2 unspecified atom stereocenters. The molecule has 26 heavy (non-hydrogen) atoms. The van der Waals surface area contributed by atoms with E-state index in [9.17, 15) is 9.59 Å². The summed E-state index contributed by atoms with van der Waals surface area (Å²) in [5, 5.41) is 0. The fourth-order valence-electron chi connectivity index (χ4n) is 2.97. The first kappa shape index (κ1) is 22.0. The van der Waals surface area contributed by atoms with E-state index in [-0.39, 0.29) is 24.0 Å². The summed E-state index contributed by atoms with van der Waals surface area (Å²) in [7, 11) is 0. The van der Waals surface area contributed by atoms with Crippen LogP contribution in [0.3, 0.4) is 0 Å². The summed E-state index contributed by atoms with van der Waals surface area (Å²) in [5.41, 5.74) is 1.13. The number of amides is 1. The van der Waals surface area contributed by atoms with Crippen molar-refractivity contribution in [2.45, 2.75) is 53.5 Å². The average molecular weight is 363 g/mol. The summed E-state index contributed by atoms with van der Waals surface area (Å²) in [4.78, 5) is 26.5. The third-order valence-electron chi connectivity index (χ3n) is 4.13. The van der Waals surface area contributed by atoms with Gasteiger partial charge in [-0.15, -0.1) is 0 Å². The van der Waals surface area contributed by atoms with E-state index in [2.05, 4.69) is 13.8 Å². The molecule has 0 heterocycles. The first-order valence-corrected chi connectivity index (χ1v) is 9.52.